The summed E-state index contributed by atoms with van der Waals surface area (Å²) in [5.41, 5.74) is 3.76. The fourth-order valence-corrected chi connectivity index (χ4v) is 5.84. The molecule has 6 heteroatoms. The van der Waals surface area contributed by atoms with Crippen molar-refractivity contribution < 1.29 is 4.79 Å². The van der Waals surface area contributed by atoms with Gasteiger partial charge in [0.25, 0.3) is 0 Å². The summed E-state index contributed by atoms with van der Waals surface area (Å²) < 4.78 is 0. The minimum atomic E-state index is 0.0794. The first-order chi connectivity index (χ1) is 13.2. The first-order valence-electron chi connectivity index (χ1n) is 11.1. The van der Waals surface area contributed by atoms with Gasteiger partial charge in [-0.1, -0.05) is 32.8 Å². The largest absolute Gasteiger partial charge is 0.338 e. The van der Waals surface area contributed by atoms with E-state index >= 15 is 0 Å². The van der Waals surface area contributed by atoms with E-state index < -0.39 is 0 Å². The number of carbonyl (C=O) groups excluding carboxylic acids is 1. The monoisotopic (exact) mass is 375 g/mol. The molecule has 5 atom stereocenters. The van der Waals surface area contributed by atoms with E-state index in [0.29, 0.717) is 30.2 Å². The molecule has 4 aliphatic rings. The van der Waals surface area contributed by atoms with Crippen molar-refractivity contribution >= 4 is 5.91 Å². The number of carbonyl (C=O) groups is 1. The summed E-state index contributed by atoms with van der Waals surface area (Å²) in [5.74, 6) is 1.38. The second-order valence-corrected chi connectivity index (χ2v) is 8.89. The van der Waals surface area contributed by atoms with Gasteiger partial charge in [0.1, 0.15) is 0 Å². The van der Waals surface area contributed by atoms with Crippen molar-refractivity contribution in [1.82, 2.24) is 26.0 Å². The van der Waals surface area contributed by atoms with Crippen LogP contribution in [0.25, 0.3) is 0 Å². The van der Waals surface area contributed by atoms with E-state index in [1.165, 1.54) is 44.6 Å². The maximum absolute atomic E-state index is 12.2. The fourth-order valence-electron chi connectivity index (χ4n) is 5.84. The normalized spacial score (nSPS) is 38.6. The molecule has 0 aromatic heterocycles. The van der Waals surface area contributed by atoms with Gasteiger partial charge in [-0.05, 0) is 43.6 Å². The number of hydrogen-bond donors (Lipinski definition) is 3. The number of likely N-dealkylation sites (tertiary alicyclic amines) is 1. The number of hydrogen-bond acceptors (Lipinski definition) is 5. The molecule has 3 N–H and O–H groups in total. The lowest BCUT2D eigenvalue weighted by atomic mass is 9.76. The van der Waals surface area contributed by atoms with Crippen molar-refractivity contribution in [2.45, 2.75) is 76.2 Å². The molecule has 0 radical (unpaired) electrons. The predicted octanol–water partition coefficient (Wildman–Crippen LogP) is 1.46. The molecular weight excluding hydrogens is 338 g/mol. The smallest absolute Gasteiger partial charge is 0.246 e. The SMILES string of the molecule is C=CC(=O)N1CCC2C(C1)NC(C1CCCCC1)NC2C1CCN(CC)N1. The number of amides is 1. The Morgan fingerprint density at radius 3 is 2.59 bits per heavy atom. The minimum absolute atomic E-state index is 0.0794. The van der Waals surface area contributed by atoms with Crippen LogP contribution in [0.5, 0.6) is 0 Å². The van der Waals surface area contributed by atoms with Crippen LogP contribution in [0.4, 0.5) is 0 Å². The summed E-state index contributed by atoms with van der Waals surface area (Å²) in [5, 5.41) is 10.3. The molecule has 4 fully saturated rings. The van der Waals surface area contributed by atoms with Gasteiger partial charge in [0.15, 0.2) is 0 Å². The highest BCUT2D eigenvalue weighted by atomic mass is 16.2. The summed E-state index contributed by atoms with van der Waals surface area (Å²) in [6.45, 7) is 9.77. The van der Waals surface area contributed by atoms with Crippen LogP contribution in [0.3, 0.4) is 0 Å². The number of piperidine rings is 1. The van der Waals surface area contributed by atoms with Gasteiger partial charge in [-0.15, -0.1) is 0 Å². The van der Waals surface area contributed by atoms with E-state index in [9.17, 15) is 4.79 Å². The first-order valence-corrected chi connectivity index (χ1v) is 11.1. The van der Waals surface area contributed by atoms with E-state index in [0.717, 1.165) is 38.5 Å². The van der Waals surface area contributed by atoms with Gasteiger partial charge in [0.05, 0.1) is 6.17 Å². The Bertz CT molecular complexity index is 535. The van der Waals surface area contributed by atoms with E-state index in [2.05, 4.69) is 34.6 Å². The van der Waals surface area contributed by atoms with Crippen molar-refractivity contribution in [3.8, 4) is 0 Å². The molecule has 4 rings (SSSR count). The van der Waals surface area contributed by atoms with Gasteiger partial charge in [0, 0.05) is 44.3 Å². The fraction of sp³-hybridized carbons (Fsp3) is 0.857. The molecule has 1 aliphatic carbocycles. The molecule has 3 aliphatic heterocycles. The highest BCUT2D eigenvalue weighted by Crippen LogP contribution is 2.33. The average molecular weight is 376 g/mol. The van der Waals surface area contributed by atoms with Crippen LogP contribution >= 0.6 is 0 Å². The van der Waals surface area contributed by atoms with Crippen LogP contribution in [-0.2, 0) is 4.79 Å². The topological polar surface area (TPSA) is 59.6 Å². The van der Waals surface area contributed by atoms with Gasteiger partial charge in [-0.2, -0.15) is 0 Å². The third-order valence-electron chi connectivity index (χ3n) is 7.37. The van der Waals surface area contributed by atoms with Crippen LogP contribution in [0.2, 0.25) is 0 Å². The van der Waals surface area contributed by atoms with Crippen molar-refractivity contribution in [1.29, 1.82) is 0 Å². The van der Waals surface area contributed by atoms with Crippen LogP contribution in [-0.4, -0.2) is 66.3 Å². The molecule has 0 aromatic carbocycles. The van der Waals surface area contributed by atoms with Gasteiger partial charge in [-0.25, -0.2) is 5.01 Å². The molecular formula is C21H37N5O. The lowest BCUT2D eigenvalue weighted by Crippen LogP contribution is -2.72. The Balaban J connectivity index is 1.50. The van der Waals surface area contributed by atoms with Crippen molar-refractivity contribution in [3.63, 3.8) is 0 Å². The molecule has 152 valence electrons. The molecule has 3 saturated heterocycles. The molecule has 27 heavy (non-hydrogen) atoms. The highest BCUT2D eigenvalue weighted by Gasteiger charge is 2.46. The van der Waals surface area contributed by atoms with E-state index in [4.69, 9.17) is 0 Å². The first kappa shape index (κ1) is 19.4. The van der Waals surface area contributed by atoms with Crippen LogP contribution in [0, 0.1) is 11.8 Å². The Labute approximate surface area is 164 Å². The zero-order valence-electron chi connectivity index (χ0n) is 16.8. The Hall–Kier alpha value is -0.950. The summed E-state index contributed by atoms with van der Waals surface area (Å²) >= 11 is 0. The lowest BCUT2D eigenvalue weighted by molar-refractivity contribution is -0.129. The van der Waals surface area contributed by atoms with E-state index in [1.54, 1.807) is 0 Å². The van der Waals surface area contributed by atoms with Gasteiger partial charge in [0.2, 0.25) is 5.91 Å². The second kappa shape index (κ2) is 8.60. The van der Waals surface area contributed by atoms with Crippen molar-refractivity contribution in [3.05, 3.63) is 12.7 Å². The van der Waals surface area contributed by atoms with Crippen molar-refractivity contribution in [2.24, 2.45) is 11.8 Å². The number of fused-ring (bicyclic) bond motifs is 1. The maximum atomic E-state index is 12.2. The van der Waals surface area contributed by atoms with Gasteiger partial charge < -0.3 is 4.90 Å². The highest BCUT2D eigenvalue weighted by molar-refractivity contribution is 5.87. The zero-order chi connectivity index (χ0) is 18.8. The standard InChI is InChI=1S/C21H37N5O/c1-3-19(27)25-12-10-16-18(14-25)22-21(15-8-6-5-7-9-15)23-20(16)17-11-13-26(4-2)24-17/h3,15-18,20-24H,1,4-14H2,2H3. The van der Waals surface area contributed by atoms with Gasteiger partial charge in [-0.3, -0.25) is 20.9 Å². The molecule has 0 aromatic rings. The Morgan fingerprint density at radius 2 is 1.89 bits per heavy atom. The maximum Gasteiger partial charge on any atom is 0.246 e. The lowest BCUT2D eigenvalue weighted by Gasteiger charge is -2.52. The number of hydrazine groups is 1. The molecule has 0 bridgehead atoms. The van der Waals surface area contributed by atoms with E-state index in [1.807, 2.05) is 4.90 Å². The molecule has 1 amide bonds. The molecule has 5 unspecified atom stereocenters. The third kappa shape index (κ3) is 4.09. The summed E-state index contributed by atoms with van der Waals surface area (Å²) in [4.78, 5) is 14.2. The van der Waals surface area contributed by atoms with E-state index in [-0.39, 0.29) is 5.91 Å². The predicted molar refractivity (Wildman–Crippen MR) is 108 cm³/mol. The molecule has 1 saturated carbocycles. The number of nitrogens with zero attached hydrogens (tertiary/aromatic N) is 2. The summed E-state index contributed by atoms with van der Waals surface area (Å²) in [6, 6.07) is 1.38. The minimum Gasteiger partial charge on any atom is -0.338 e. The number of rotatable bonds is 4. The summed E-state index contributed by atoms with van der Waals surface area (Å²) in [7, 11) is 0. The quantitative estimate of drug-likeness (QED) is 0.650. The van der Waals surface area contributed by atoms with Crippen LogP contribution in [0.1, 0.15) is 51.9 Å². The Morgan fingerprint density at radius 1 is 1.07 bits per heavy atom. The average Bonchev–Trinajstić information content (AvgIpc) is 3.21. The molecule has 0 spiro atoms. The van der Waals surface area contributed by atoms with Crippen LogP contribution in [0.15, 0.2) is 12.7 Å². The summed E-state index contributed by atoms with van der Waals surface area (Å²) in [6.07, 6.45) is 10.9. The van der Waals surface area contributed by atoms with Crippen LogP contribution < -0.4 is 16.1 Å². The third-order valence-corrected chi connectivity index (χ3v) is 7.37. The molecule has 3 heterocycles. The van der Waals surface area contributed by atoms with Gasteiger partial charge >= 0.3 is 0 Å². The van der Waals surface area contributed by atoms with Crippen molar-refractivity contribution in [2.75, 3.05) is 26.2 Å². The Kier molecular flexibility index (Phi) is 6.17. The zero-order valence-corrected chi connectivity index (χ0v) is 16.8. The molecule has 6 nitrogen and oxygen atoms in total. The second-order valence-electron chi connectivity index (χ2n) is 8.89. The number of nitrogens with one attached hydrogen (secondary N) is 3.